The number of hydrogen-bond acceptors (Lipinski definition) is 4. The topological polar surface area (TPSA) is 58.4 Å². The Kier molecular flexibility index (Phi) is 5.15. The first-order valence-electron chi connectivity index (χ1n) is 10.5. The molecular weight excluding hydrogens is 338 g/mol. The highest BCUT2D eigenvalue weighted by Crippen LogP contribution is 2.59. The number of piperidine rings is 1. The van der Waals surface area contributed by atoms with Crippen molar-refractivity contribution in [1.29, 1.82) is 0 Å². The van der Waals surface area contributed by atoms with E-state index >= 15 is 0 Å². The Balaban J connectivity index is 1.17. The zero-order valence-electron chi connectivity index (χ0n) is 17.0. The summed E-state index contributed by atoms with van der Waals surface area (Å²) in [6, 6.07) is 1.82. The van der Waals surface area contributed by atoms with Crippen molar-refractivity contribution in [3.8, 4) is 0 Å². The van der Waals surface area contributed by atoms with Crippen LogP contribution < -0.4 is 5.32 Å². The van der Waals surface area contributed by atoms with Gasteiger partial charge in [-0.3, -0.25) is 9.69 Å². The van der Waals surface area contributed by atoms with Gasteiger partial charge < -0.3 is 9.84 Å². The minimum atomic E-state index is 0.0303. The number of rotatable bonds is 6. The lowest BCUT2D eigenvalue weighted by Crippen LogP contribution is -2.50. The Morgan fingerprint density at radius 2 is 2.15 bits per heavy atom. The Bertz CT molecular complexity index is 713. The molecule has 0 spiro atoms. The van der Waals surface area contributed by atoms with Gasteiger partial charge in [0.05, 0.1) is 12.1 Å². The summed E-state index contributed by atoms with van der Waals surface area (Å²) in [6.07, 6.45) is 7.85. The fraction of sp³-hybridized carbons (Fsp3) is 0.727. The standard InChI is InChI=1S/C22H33N3O2/c1-15-10-19(27-24-15)12-21(26)23-13-16-6-8-25(9-7-16)14-17-4-5-18-11-20(17)22(18,2)3/h4,10,16,18,20H,5-9,11-14H2,1-3H3,(H,23,26). The number of nitrogens with zero attached hydrogens (tertiary/aromatic N) is 2. The first-order chi connectivity index (χ1) is 12.9. The monoisotopic (exact) mass is 371 g/mol. The molecule has 2 heterocycles. The number of amides is 1. The van der Waals surface area contributed by atoms with Crippen LogP contribution in [0.2, 0.25) is 0 Å². The Morgan fingerprint density at radius 1 is 1.37 bits per heavy atom. The van der Waals surface area contributed by atoms with Crippen molar-refractivity contribution >= 4 is 5.91 Å². The molecule has 1 amide bonds. The van der Waals surface area contributed by atoms with Crippen molar-refractivity contribution in [2.75, 3.05) is 26.2 Å². The molecule has 1 N–H and O–H groups in total. The molecule has 4 aliphatic rings. The van der Waals surface area contributed by atoms with E-state index in [0.717, 1.165) is 43.7 Å². The molecule has 148 valence electrons. The second kappa shape index (κ2) is 7.42. The maximum atomic E-state index is 12.1. The van der Waals surface area contributed by atoms with Crippen molar-refractivity contribution in [2.45, 2.75) is 52.9 Å². The number of nitrogens with one attached hydrogen (secondary N) is 1. The molecule has 27 heavy (non-hydrogen) atoms. The van der Waals surface area contributed by atoms with Crippen LogP contribution in [-0.2, 0) is 11.2 Å². The van der Waals surface area contributed by atoms with E-state index in [2.05, 4.69) is 35.3 Å². The highest BCUT2D eigenvalue weighted by molar-refractivity contribution is 5.77. The van der Waals surface area contributed by atoms with E-state index in [4.69, 9.17) is 4.52 Å². The van der Waals surface area contributed by atoms with Gasteiger partial charge in [0.2, 0.25) is 5.91 Å². The molecule has 2 bridgehead atoms. The summed E-state index contributed by atoms with van der Waals surface area (Å²) >= 11 is 0. The molecule has 1 aromatic rings. The minimum Gasteiger partial charge on any atom is -0.361 e. The molecule has 1 aromatic heterocycles. The van der Waals surface area contributed by atoms with Crippen LogP contribution >= 0.6 is 0 Å². The molecule has 5 rings (SSSR count). The van der Waals surface area contributed by atoms with Crippen LogP contribution in [0.5, 0.6) is 0 Å². The summed E-state index contributed by atoms with van der Waals surface area (Å²) in [6.45, 7) is 11.0. The number of fused-ring (bicyclic) bond motifs is 1. The normalized spacial score (nSPS) is 27.7. The fourth-order valence-corrected chi connectivity index (χ4v) is 5.24. The van der Waals surface area contributed by atoms with Crippen molar-refractivity contribution in [3.63, 3.8) is 0 Å². The number of carbonyl (C=O) groups is 1. The average molecular weight is 372 g/mol. The lowest BCUT2D eigenvalue weighted by atomic mass is 9.49. The number of hydrogen-bond donors (Lipinski definition) is 1. The number of aromatic nitrogens is 1. The van der Waals surface area contributed by atoms with Crippen LogP contribution in [0.25, 0.3) is 0 Å². The van der Waals surface area contributed by atoms with E-state index in [1.807, 2.05) is 13.0 Å². The Labute approximate surface area is 162 Å². The van der Waals surface area contributed by atoms with E-state index in [1.54, 1.807) is 5.57 Å². The van der Waals surface area contributed by atoms with E-state index in [9.17, 15) is 4.79 Å². The third-order valence-electron chi connectivity index (χ3n) is 7.30. The van der Waals surface area contributed by atoms with Gasteiger partial charge in [-0.05, 0) is 68.9 Å². The lowest BCUT2D eigenvalue weighted by Gasteiger charge is -2.57. The van der Waals surface area contributed by atoms with Crippen molar-refractivity contribution in [2.24, 2.45) is 23.2 Å². The molecule has 1 saturated heterocycles. The van der Waals surface area contributed by atoms with Gasteiger partial charge >= 0.3 is 0 Å². The molecule has 1 aliphatic heterocycles. The van der Waals surface area contributed by atoms with Crippen LogP contribution in [0, 0.1) is 30.1 Å². The van der Waals surface area contributed by atoms with Crippen LogP contribution in [0.3, 0.4) is 0 Å². The van der Waals surface area contributed by atoms with Gasteiger partial charge in [0, 0.05) is 19.2 Å². The number of allylic oxidation sites excluding steroid dienone is 1. The van der Waals surface area contributed by atoms with Gasteiger partial charge in [-0.2, -0.15) is 0 Å². The average Bonchev–Trinajstić information content (AvgIpc) is 3.05. The van der Waals surface area contributed by atoms with E-state index in [1.165, 1.54) is 25.7 Å². The first-order valence-corrected chi connectivity index (χ1v) is 10.5. The summed E-state index contributed by atoms with van der Waals surface area (Å²) in [5.41, 5.74) is 3.03. The highest BCUT2D eigenvalue weighted by atomic mass is 16.5. The largest absolute Gasteiger partial charge is 0.361 e. The summed E-state index contributed by atoms with van der Waals surface area (Å²) < 4.78 is 5.12. The van der Waals surface area contributed by atoms with E-state index in [-0.39, 0.29) is 12.3 Å². The molecule has 0 radical (unpaired) electrons. The maximum absolute atomic E-state index is 12.1. The third-order valence-corrected chi connectivity index (χ3v) is 7.30. The first kappa shape index (κ1) is 18.7. The number of carbonyl (C=O) groups excluding carboxylic acids is 1. The van der Waals surface area contributed by atoms with Gasteiger partial charge in [-0.1, -0.05) is 30.7 Å². The number of likely N-dealkylation sites (tertiary alicyclic amines) is 1. The summed E-state index contributed by atoms with van der Waals surface area (Å²) in [5.74, 6) is 2.99. The van der Waals surface area contributed by atoms with Crippen LogP contribution in [-0.4, -0.2) is 42.1 Å². The van der Waals surface area contributed by atoms with Crippen LogP contribution in [0.15, 0.2) is 22.2 Å². The van der Waals surface area contributed by atoms with Gasteiger partial charge in [0.15, 0.2) is 0 Å². The Hall–Kier alpha value is -1.62. The molecule has 5 heteroatoms. The molecule has 3 aliphatic carbocycles. The highest BCUT2D eigenvalue weighted by Gasteiger charge is 2.51. The second-order valence-corrected chi connectivity index (χ2v) is 9.46. The van der Waals surface area contributed by atoms with Crippen LogP contribution in [0.1, 0.15) is 51.0 Å². The Morgan fingerprint density at radius 3 is 2.78 bits per heavy atom. The molecule has 5 nitrogen and oxygen atoms in total. The predicted octanol–water partition coefficient (Wildman–Crippen LogP) is 3.35. The van der Waals surface area contributed by atoms with Gasteiger partial charge in [0.25, 0.3) is 0 Å². The van der Waals surface area contributed by atoms with Crippen molar-refractivity contribution < 1.29 is 9.32 Å². The molecule has 0 aromatic carbocycles. The van der Waals surface area contributed by atoms with Crippen LogP contribution in [0.4, 0.5) is 0 Å². The molecule has 2 unspecified atom stereocenters. The smallest absolute Gasteiger partial charge is 0.227 e. The SMILES string of the molecule is Cc1cc(CC(=O)NCC2CCN(CC3=CCC4CC3C4(C)C)CC2)on1. The molecular formula is C22H33N3O2. The summed E-state index contributed by atoms with van der Waals surface area (Å²) in [5, 5.41) is 6.90. The van der Waals surface area contributed by atoms with Crippen molar-refractivity contribution in [3.05, 3.63) is 29.2 Å². The summed E-state index contributed by atoms with van der Waals surface area (Å²) in [4.78, 5) is 14.7. The molecule has 1 saturated carbocycles. The number of aryl methyl sites for hydroxylation is 1. The van der Waals surface area contributed by atoms with E-state index in [0.29, 0.717) is 17.1 Å². The van der Waals surface area contributed by atoms with Gasteiger partial charge in [0.1, 0.15) is 5.76 Å². The zero-order chi connectivity index (χ0) is 19.0. The fourth-order valence-electron chi connectivity index (χ4n) is 5.24. The van der Waals surface area contributed by atoms with Crippen molar-refractivity contribution in [1.82, 2.24) is 15.4 Å². The molecule has 2 atom stereocenters. The summed E-state index contributed by atoms with van der Waals surface area (Å²) in [7, 11) is 0. The maximum Gasteiger partial charge on any atom is 0.227 e. The molecule has 2 fully saturated rings. The second-order valence-electron chi connectivity index (χ2n) is 9.46. The third kappa shape index (κ3) is 3.98. The lowest BCUT2D eigenvalue weighted by molar-refractivity contribution is -0.121. The van der Waals surface area contributed by atoms with E-state index < -0.39 is 0 Å². The van der Waals surface area contributed by atoms with Gasteiger partial charge in [-0.25, -0.2) is 0 Å². The van der Waals surface area contributed by atoms with Gasteiger partial charge in [-0.15, -0.1) is 0 Å². The predicted molar refractivity (Wildman–Crippen MR) is 105 cm³/mol. The minimum absolute atomic E-state index is 0.0303. The zero-order valence-corrected chi connectivity index (χ0v) is 17.0. The quantitative estimate of drug-likeness (QED) is 0.779.